The lowest BCUT2D eigenvalue weighted by atomic mass is 9.67. The molecule has 0 aromatic heterocycles. The Morgan fingerprint density at radius 3 is 1.74 bits per heavy atom. The highest BCUT2D eigenvalue weighted by Gasteiger charge is 2.39. The highest BCUT2D eigenvalue weighted by atomic mass is 19.1. The van der Waals surface area contributed by atoms with Crippen molar-refractivity contribution in [1.29, 1.82) is 0 Å². The van der Waals surface area contributed by atoms with Crippen molar-refractivity contribution in [3.05, 3.63) is 147 Å². The smallest absolute Gasteiger partial charge is 0.305 e. The Morgan fingerprint density at radius 2 is 1.32 bits per heavy atom. The summed E-state index contributed by atoms with van der Waals surface area (Å²) in [5.74, 6) is -2.24. The van der Waals surface area contributed by atoms with E-state index in [0.717, 1.165) is 28.8 Å². The molecule has 0 aliphatic rings. The van der Waals surface area contributed by atoms with Crippen LogP contribution in [0.1, 0.15) is 28.7 Å². The predicted octanol–water partition coefficient (Wildman–Crippen LogP) is 4.67. The van der Waals surface area contributed by atoms with Gasteiger partial charge in [-0.2, -0.15) is 4.39 Å². The van der Waals surface area contributed by atoms with Gasteiger partial charge in [0.05, 0.1) is 10.3 Å². The van der Waals surface area contributed by atoms with Gasteiger partial charge in [0.15, 0.2) is 0 Å². The number of nitrogens with two attached hydrogens (primary N) is 1. The molecule has 0 heterocycles. The molecule has 3 N–H and O–H groups in total. The van der Waals surface area contributed by atoms with Gasteiger partial charge in [0.2, 0.25) is 17.6 Å². The maximum Gasteiger partial charge on any atom is 0.305 e. The van der Waals surface area contributed by atoms with E-state index in [2.05, 4.69) is 5.32 Å². The Morgan fingerprint density at radius 1 is 0.842 bits per heavy atom. The average molecular weight is 512 g/mol. The number of benzene rings is 4. The first-order chi connectivity index (χ1) is 18.3. The van der Waals surface area contributed by atoms with E-state index in [9.17, 15) is 24.1 Å². The van der Waals surface area contributed by atoms with Crippen molar-refractivity contribution in [3.63, 3.8) is 0 Å². The summed E-state index contributed by atoms with van der Waals surface area (Å²) in [6.07, 6.45) is -0.171. The van der Waals surface area contributed by atoms with Crippen molar-refractivity contribution in [2.75, 3.05) is 0 Å². The van der Waals surface area contributed by atoms with Crippen molar-refractivity contribution < 1.29 is 18.9 Å². The van der Waals surface area contributed by atoms with E-state index in [1.807, 2.05) is 91.0 Å². The summed E-state index contributed by atoms with van der Waals surface area (Å²) in [5.41, 5.74) is 6.95. The summed E-state index contributed by atoms with van der Waals surface area (Å²) >= 11 is 0. The lowest BCUT2D eigenvalue weighted by Gasteiger charge is -2.36. The minimum atomic E-state index is -1.16. The van der Waals surface area contributed by atoms with Gasteiger partial charge < -0.3 is 11.1 Å². The Hall–Kier alpha value is -4.85. The van der Waals surface area contributed by atoms with E-state index in [4.69, 9.17) is 5.73 Å². The van der Waals surface area contributed by atoms with E-state index in [0.29, 0.717) is 5.56 Å². The summed E-state index contributed by atoms with van der Waals surface area (Å²) in [4.78, 5) is 36.2. The average Bonchev–Trinajstić information content (AvgIpc) is 2.93. The van der Waals surface area contributed by atoms with Crippen molar-refractivity contribution in [3.8, 4) is 0 Å². The van der Waals surface area contributed by atoms with Crippen LogP contribution in [0.25, 0.3) is 0 Å². The third-order valence-corrected chi connectivity index (χ3v) is 6.55. The standard InChI is InChI=1S/C30H26FN3O4/c31-25-17-16-21(19-27(25)34(37)38)18-26(29(32)36)33-28(35)20-30(22-10-4-1-5-11-22,23-12-6-2-7-13-23)24-14-8-3-9-15-24/h1-17,19,26H,18,20H2,(H2,32,36)(H,33,35)/t26-/m0/s1. The van der Waals surface area contributed by atoms with E-state index >= 15 is 0 Å². The number of rotatable bonds is 10. The molecule has 1 atom stereocenters. The van der Waals surface area contributed by atoms with Crippen LogP contribution in [0.4, 0.5) is 10.1 Å². The number of nitro groups is 1. The molecule has 2 amide bonds. The number of hydrogen-bond acceptors (Lipinski definition) is 4. The highest BCUT2D eigenvalue weighted by molar-refractivity contribution is 5.88. The van der Waals surface area contributed by atoms with Crippen molar-refractivity contribution in [2.45, 2.75) is 24.3 Å². The zero-order chi connectivity index (χ0) is 27.1. The maximum absolute atomic E-state index is 13.8. The second kappa shape index (κ2) is 11.5. The maximum atomic E-state index is 13.8. The molecule has 4 aromatic carbocycles. The SMILES string of the molecule is NC(=O)[C@H](Cc1ccc(F)c([N+](=O)[O-])c1)NC(=O)CC(c1ccccc1)(c1ccccc1)c1ccccc1. The fourth-order valence-corrected chi connectivity index (χ4v) is 4.74. The third kappa shape index (κ3) is 5.59. The number of nitrogens with zero attached hydrogens (tertiary/aromatic N) is 1. The molecule has 0 saturated heterocycles. The Labute approximate surface area is 219 Å². The number of nitro benzene ring substituents is 1. The topological polar surface area (TPSA) is 115 Å². The first kappa shape index (κ1) is 26.2. The van der Waals surface area contributed by atoms with Gasteiger partial charge in [-0.05, 0) is 28.3 Å². The van der Waals surface area contributed by atoms with Crippen LogP contribution in [-0.4, -0.2) is 22.8 Å². The van der Waals surface area contributed by atoms with Gasteiger partial charge in [-0.3, -0.25) is 19.7 Å². The molecule has 4 rings (SSSR count). The van der Waals surface area contributed by atoms with Gasteiger partial charge in [0, 0.05) is 18.9 Å². The summed E-state index contributed by atoms with van der Waals surface area (Å²) in [6, 6.07) is 31.0. The zero-order valence-corrected chi connectivity index (χ0v) is 20.4. The van der Waals surface area contributed by atoms with Crippen LogP contribution in [0.2, 0.25) is 0 Å². The lowest BCUT2D eigenvalue weighted by molar-refractivity contribution is -0.387. The lowest BCUT2D eigenvalue weighted by Crippen LogP contribution is -2.48. The van der Waals surface area contributed by atoms with Gasteiger partial charge in [-0.15, -0.1) is 0 Å². The molecular formula is C30H26FN3O4. The van der Waals surface area contributed by atoms with Crippen LogP contribution < -0.4 is 11.1 Å². The van der Waals surface area contributed by atoms with Crippen LogP contribution in [0.3, 0.4) is 0 Å². The first-order valence-electron chi connectivity index (χ1n) is 12.0. The van der Waals surface area contributed by atoms with Gasteiger partial charge in [-0.25, -0.2) is 0 Å². The Kier molecular flexibility index (Phi) is 7.91. The number of halogens is 1. The Bertz CT molecular complexity index is 1330. The van der Waals surface area contributed by atoms with E-state index in [-0.39, 0.29) is 12.8 Å². The van der Waals surface area contributed by atoms with Gasteiger partial charge >= 0.3 is 5.69 Å². The third-order valence-electron chi connectivity index (χ3n) is 6.55. The van der Waals surface area contributed by atoms with Crippen LogP contribution in [-0.2, 0) is 21.4 Å². The predicted molar refractivity (Wildman–Crippen MR) is 142 cm³/mol. The number of carbonyl (C=O) groups is 2. The molecule has 0 spiro atoms. The Balaban J connectivity index is 1.71. The van der Waals surface area contributed by atoms with E-state index in [1.54, 1.807) is 0 Å². The second-order valence-corrected chi connectivity index (χ2v) is 8.95. The number of carbonyl (C=O) groups excluding carboxylic acids is 2. The summed E-state index contributed by atoms with van der Waals surface area (Å²) in [5, 5.41) is 13.9. The fraction of sp³-hybridized carbons (Fsp3) is 0.133. The minimum Gasteiger partial charge on any atom is -0.368 e. The molecule has 0 radical (unpaired) electrons. The molecule has 192 valence electrons. The normalized spacial score (nSPS) is 11.9. The first-order valence-corrected chi connectivity index (χ1v) is 12.0. The largest absolute Gasteiger partial charge is 0.368 e. The van der Waals surface area contributed by atoms with Crippen molar-refractivity contribution in [1.82, 2.24) is 5.32 Å². The van der Waals surface area contributed by atoms with E-state index < -0.39 is 39.7 Å². The quantitative estimate of drug-likeness (QED) is 0.183. The van der Waals surface area contributed by atoms with Crippen molar-refractivity contribution in [2.24, 2.45) is 5.73 Å². The number of primary amides is 1. The number of nitrogens with one attached hydrogen (secondary N) is 1. The molecule has 0 aliphatic heterocycles. The fourth-order valence-electron chi connectivity index (χ4n) is 4.74. The molecule has 7 nitrogen and oxygen atoms in total. The summed E-state index contributed by atoms with van der Waals surface area (Å²) < 4.78 is 13.8. The molecule has 0 aliphatic carbocycles. The highest BCUT2D eigenvalue weighted by Crippen LogP contribution is 2.42. The second-order valence-electron chi connectivity index (χ2n) is 8.95. The molecule has 38 heavy (non-hydrogen) atoms. The molecule has 0 bridgehead atoms. The molecule has 4 aromatic rings. The van der Waals surface area contributed by atoms with Gasteiger partial charge in [0.1, 0.15) is 6.04 Å². The number of hydrogen-bond donors (Lipinski definition) is 2. The molecule has 0 saturated carbocycles. The van der Waals surface area contributed by atoms with Gasteiger partial charge in [-0.1, -0.05) is 97.1 Å². The van der Waals surface area contributed by atoms with Crippen LogP contribution in [0.5, 0.6) is 0 Å². The van der Waals surface area contributed by atoms with Crippen LogP contribution >= 0.6 is 0 Å². The molecule has 0 fully saturated rings. The van der Waals surface area contributed by atoms with Crippen LogP contribution in [0.15, 0.2) is 109 Å². The molecular weight excluding hydrogens is 485 g/mol. The monoisotopic (exact) mass is 511 g/mol. The van der Waals surface area contributed by atoms with E-state index in [1.165, 1.54) is 6.07 Å². The van der Waals surface area contributed by atoms with Gasteiger partial charge in [0.25, 0.3) is 0 Å². The molecule has 0 unspecified atom stereocenters. The summed E-state index contributed by atoms with van der Waals surface area (Å²) in [6.45, 7) is 0. The minimum absolute atomic E-state index is 0.0433. The van der Waals surface area contributed by atoms with Crippen molar-refractivity contribution >= 4 is 17.5 Å². The van der Waals surface area contributed by atoms with Crippen LogP contribution in [0, 0.1) is 15.9 Å². The summed E-state index contributed by atoms with van der Waals surface area (Å²) in [7, 11) is 0. The molecule has 8 heteroatoms. The zero-order valence-electron chi connectivity index (χ0n) is 20.4. The number of amides is 2.